The van der Waals surface area contributed by atoms with Gasteiger partial charge >= 0.3 is 23.9 Å². The van der Waals surface area contributed by atoms with Crippen molar-refractivity contribution < 1.29 is 64.0 Å². The minimum absolute atomic E-state index is 0.200. The van der Waals surface area contributed by atoms with Crippen molar-refractivity contribution in [2.75, 3.05) is 0 Å². The summed E-state index contributed by atoms with van der Waals surface area (Å²) in [6, 6.07) is 9.28. The van der Waals surface area contributed by atoms with Gasteiger partial charge in [-0.3, -0.25) is 4.79 Å². The van der Waals surface area contributed by atoms with Gasteiger partial charge in [-0.05, 0) is 24.0 Å². The van der Waals surface area contributed by atoms with Crippen molar-refractivity contribution in [1.29, 1.82) is 0 Å². The van der Waals surface area contributed by atoms with Crippen molar-refractivity contribution in [2.45, 2.75) is 74.5 Å². The highest BCUT2D eigenvalue weighted by atomic mass is 16.8. The first-order valence-corrected chi connectivity index (χ1v) is 11.7. The van der Waals surface area contributed by atoms with E-state index in [9.17, 15) is 49.8 Å². The summed E-state index contributed by atoms with van der Waals surface area (Å²) >= 11 is 0. The Morgan fingerprint density at radius 3 is 2.16 bits per heavy atom. The van der Waals surface area contributed by atoms with Crippen LogP contribution in [0.4, 0.5) is 0 Å². The molecule has 0 aromatic heterocycles. The first kappa shape index (κ1) is 29.2. The van der Waals surface area contributed by atoms with E-state index in [0.717, 1.165) is 5.56 Å². The third kappa shape index (κ3) is 4.56. The summed E-state index contributed by atoms with van der Waals surface area (Å²) in [5.41, 5.74) is -6.09. The van der Waals surface area contributed by atoms with Gasteiger partial charge in [0.15, 0.2) is 5.79 Å². The van der Waals surface area contributed by atoms with E-state index in [4.69, 9.17) is 14.2 Å². The summed E-state index contributed by atoms with van der Waals surface area (Å²) in [5, 5.41) is 61.3. The van der Waals surface area contributed by atoms with E-state index in [1.54, 1.807) is 6.92 Å². The zero-order chi connectivity index (χ0) is 28.6. The second kappa shape index (κ2) is 10.4. The number of esters is 1. The van der Waals surface area contributed by atoms with E-state index in [1.807, 2.05) is 30.3 Å². The molecule has 8 atom stereocenters. The van der Waals surface area contributed by atoms with E-state index in [-0.39, 0.29) is 17.9 Å². The number of carboxylic acid groups (broad SMARTS) is 3. The Hall–Kier alpha value is -3.36. The predicted octanol–water partition coefficient (Wildman–Crippen LogP) is -0.296. The number of aliphatic hydroxyl groups excluding tert-OH is 2. The molecular formula is C25H30O13. The number of aliphatic hydroxyl groups is 3. The Bertz CT molecular complexity index is 1120. The van der Waals surface area contributed by atoms with Crippen LogP contribution < -0.4 is 0 Å². The zero-order valence-electron chi connectivity index (χ0n) is 20.6. The molecule has 0 radical (unpaired) electrons. The van der Waals surface area contributed by atoms with Crippen LogP contribution in [-0.4, -0.2) is 95.9 Å². The molecule has 8 unspecified atom stereocenters. The maximum absolute atomic E-state index is 12.2. The fourth-order valence-corrected chi connectivity index (χ4v) is 5.17. The zero-order valence-corrected chi connectivity index (χ0v) is 20.6. The van der Waals surface area contributed by atoms with E-state index in [2.05, 4.69) is 6.58 Å². The highest BCUT2D eigenvalue weighted by Gasteiger charge is 2.84. The molecular weight excluding hydrogens is 508 g/mol. The molecule has 2 aliphatic rings. The number of rotatable bonds is 11. The van der Waals surface area contributed by atoms with Gasteiger partial charge in [0.1, 0.15) is 18.3 Å². The highest BCUT2D eigenvalue weighted by molar-refractivity contribution is 5.97. The molecule has 2 fully saturated rings. The summed E-state index contributed by atoms with van der Waals surface area (Å²) in [6.07, 6.45) is -8.75. The van der Waals surface area contributed by atoms with Crippen LogP contribution in [0.3, 0.4) is 0 Å². The Kier molecular flexibility index (Phi) is 8.01. The number of aliphatic carboxylic acids is 3. The number of hydrogen-bond acceptors (Lipinski definition) is 10. The average molecular weight is 539 g/mol. The van der Waals surface area contributed by atoms with Gasteiger partial charge in [0, 0.05) is 19.3 Å². The van der Waals surface area contributed by atoms with Gasteiger partial charge in [-0.15, -0.1) is 0 Å². The quantitative estimate of drug-likeness (QED) is 0.158. The molecule has 2 bridgehead atoms. The second-order valence-corrected chi connectivity index (χ2v) is 9.61. The molecule has 13 heteroatoms. The highest BCUT2D eigenvalue weighted by Crippen LogP contribution is 2.54. The van der Waals surface area contributed by atoms with Crippen LogP contribution in [0.5, 0.6) is 0 Å². The van der Waals surface area contributed by atoms with Crippen LogP contribution >= 0.6 is 0 Å². The average Bonchev–Trinajstić information content (AvgIpc) is 3.04. The SMILES string of the molecule is C=C(CCC12OC(C(=O)O)C(O)(C(=O)O)C(C(=O)O)(O1)C(O)C2O)C(OC(C)=O)C(C)Cc1ccccc1. The second-order valence-electron chi connectivity index (χ2n) is 9.61. The summed E-state index contributed by atoms with van der Waals surface area (Å²) in [4.78, 5) is 47.9. The molecule has 6 N–H and O–H groups in total. The topological polar surface area (TPSA) is 217 Å². The van der Waals surface area contributed by atoms with E-state index < -0.39 is 71.7 Å². The van der Waals surface area contributed by atoms with Crippen molar-refractivity contribution in [3.05, 3.63) is 48.0 Å². The molecule has 38 heavy (non-hydrogen) atoms. The summed E-state index contributed by atoms with van der Waals surface area (Å²) in [5.74, 6) is -10.1. The number of benzene rings is 1. The minimum atomic E-state index is -3.81. The largest absolute Gasteiger partial charge is 0.479 e. The smallest absolute Gasteiger partial charge is 0.343 e. The van der Waals surface area contributed by atoms with Crippen LogP contribution in [0.25, 0.3) is 0 Å². The Morgan fingerprint density at radius 1 is 1.05 bits per heavy atom. The van der Waals surface area contributed by atoms with Gasteiger partial charge in [0.25, 0.3) is 0 Å². The number of fused-ring (bicyclic) bond motifs is 2. The molecule has 2 heterocycles. The molecule has 0 saturated carbocycles. The normalized spacial score (nSPS) is 33.7. The molecule has 2 aliphatic heterocycles. The van der Waals surface area contributed by atoms with E-state index >= 15 is 0 Å². The lowest BCUT2D eigenvalue weighted by Crippen LogP contribution is -2.77. The minimum Gasteiger partial charge on any atom is -0.479 e. The molecule has 1 aromatic carbocycles. The molecule has 208 valence electrons. The lowest BCUT2D eigenvalue weighted by atomic mass is 9.74. The third-order valence-electron chi connectivity index (χ3n) is 7.04. The first-order chi connectivity index (χ1) is 17.6. The van der Waals surface area contributed by atoms with E-state index in [1.165, 1.54) is 6.92 Å². The number of carboxylic acids is 3. The molecule has 0 spiro atoms. The van der Waals surface area contributed by atoms with Crippen LogP contribution in [0.15, 0.2) is 42.5 Å². The van der Waals surface area contributed by atoms with Gasteiger partial charge in [-0.2, -0.15) is 0 Å². The lowest BCUT2D eigenvalue weighted by molar-refractivity contribution is -0.374. The molecule has 0 aliphatic carbocycles. The maximum atomic E-state index is 12.2. The fourth-order valence-electron chi connectivity index (χ4n) is 5.17. The Balaban J connectivity index is 1.93. The van der Waals surface area contributed by atoms with E-state index in [0.29, 0.717) is 6.42 Å². The van der Waals surface area contributed by atoms with Gasteiger partial charge in [-0.1, -0.05) is 43.8 Å². The molecule has 13 nitrogen and oxygen atoms in total. The third-order valence-corrected chi connectivity index (χ3v) is 7.04. The number of carbonyl (C=O) groups is 4. The number of carbonyl (C=O) groups excluding carboxylic acids is 1. The van der Waals surface area contributed by atoms with Crippen molar-refractivity contribution in [1.82, 2.24) is 0 Å². The summed E-state index contributed by atoms with van der Waals surface area (Å²) in [6.45, 7) is 6.93. The maximum Gasteiger partial charge on any atom is 0.343 e. The molecule has 0 amide bonds. The van der Waals surface area contributed by atoms with Crippen molar-refractivity contribution >= 4 is 23.9 Å². The standard InChI is InChI=1S/C25H30O13/c1-12(16(36-14(3)26)13(2)11-15-7-5-4-6-8-15)9-10-23-17(27)18(28)25(38-23,22(33)34)24(35,21(31)32)19(37-23)20(29)30/h4-8,13,16-19,27-28,35H,1,9-11H2,2-3H3,(H,29,30)(H,31,32)(H,33,34). The van der Waals surface area contributed by atoms with Crippen LogP contribution in [-0.2, 0) is 39.8 Å². The number of ether oxygens (including phenoxy) is 3. The fraction of sp³-hybridized carbons (Fsp3) is 0.520. The molecule has 1 aromatic rings. The van der Waals surface area contributed by atoms with Crippen molar-refractivity contribution in [2.24, 2.45) is 5.92 Å². The monoisotopic (exact) mass is 538 g/mol. The Morgan fingerprint density at radius 2 is 1.66 bits per heavy atom. The molecule has 2 saturated heterocycles. The van der Waals surface area contributed by atoms with Gasteiger partial charge in [0.05, 0.1) is 0 Å². The lowest BCUT2D eigenvalue weighted by Gasteiger charge is -2.48. The van der Waals surface area contributed by atoms with Gasteiger partial charge in [0.2, 0.25) is 17.3 Å². The Labute approximate surface area is 216 Å². The van der Waals surface area contributed by atoms with Crippen LogP contribution in [0.1, 0.15) is 32.3 Å². The van der Waals surface area contributed by atoms with Crippen LogP contribution in [0, 0.1) is 5.92 Å². The first-order valence-electron chi connectivity index (χ1n) is 11.7. The van der Waals surface area contributed by atoms with Crippen molar-refractivity contribution in [3.63, 3.8) is 0 Å². The van der Waals surface area contributed by atoms with Crippen molar-refractivity contribution in [3.8, 4) is 0 Å². The van der Waals surface area contributed by atoms with Gasteiger partial charge in [-0.25, -0.2) is 14.4 Å². The summed E-state index contributed by atoms with van der Waals surface area (Å²) < 4.78 is 16.0. The van der Waals surface area contributed by atoms with Gasteiger partial charge < -0.3 is 44.8 Å². The molecule has 3 rings (SSSR count). The van der Waals surface area contributed by atoms with Crippen LogP contribution in [0.2, 0.25) is 0 Å². The predicted molar refractivity (Wildman–Crippen MR) is 125 cm³/mol. The number of hydrogen-bond donors (Lipinski definition) is 6. The summed E-state index contributed by atoms with van der Waals surface area (Å²) in [7, 11) is 0.